The van der Waals surface area contributed by atoms with E-state index in [2.05, 4.69) is 5.32 Å². The predicted octanol–water partition coefficient (Wildman–Crippen LogP) is 0.284. The molecule has 2 N–H and O–H groups in total. The highest BCUT2D eigenvalue weighted by molar-refractivity contribution is 5.73. The lowest BCUT2D eigenvalue weighted by atomic mass is 9.97. The number of nitrogens with one attached hydrogen (secondary N) is 1. The molecule has 1 amide bonds. The number of carbonyl (C=O) groups excluding carboxylic acids is 5. The third-order valence-corrected chi connectivity index (χ3v) is 6.56. The van der Waals surface area contributed by atoms with Crippen molar-refractivity contribution in [1.82, 2.24) is 5.32 Å². The maximum Gasteiger partial charge on any atom is 0.303 e. The molecule has 9 atom stereocenters. The number of aliphatic hydroxyl groups is 1. The highest BCUT2D eigenvalue weighted by atomic mass is 16.7. The van der Waals surface area contributed by atoms with Gasteiger partial charge in [-0.15, -0.1) is 0 Å². The van der Waals surface area contributed by atoms with Crippen molar-refractivity contribution in [2.24, 2.45) is 0 Å². The summed E-state index contributed by atoms with van der Waals surface area (Å²) in [5.74, 6) is -3.30. The van der Waals surface area contributed by atoms with Crippen molar-refractivity contribution in [1.29, 1.82) is 0 Å². The number of hydrogen-bond donors (Lipinski definition) is 2. The van der Waals surface area contributed by atoms with E-state index in [0.717, 1.165) is 26.3 Å². The van der Waals surface area contributed by atoms with Crippen LogP contribution in [0.4, 0.5) is 0 Å². The van der Waals surface area contributed by atoms with Gasteiger partial charge in [0.1, 0.15) is 43.4 Å². The maximum absolute atomic E-state index is 12.1. The van der Waals surface area contributed by atoms with Crippen LogP contribution in [-0.2, 0) is 68.5 Å². The number of rotatable bonds is 12. The summed E-state index contributed by atoms with van der Waals surface area (Å²) in [4.78, 5) is 59.4. The maximum atomic E-state index is 12.1. The third-order valence-electron chi connectivity index (χ3n) is 6.56. The molecule has 0 aromatic heterocycles. The second-order valence-corrected chi connectivity index (χ2v) is 10.3. The van der Waals surface area contributed by atoms with Crippen molar-refractivity contribution >= 4 is 29.8 Å². The predicted molar refractivity (Wildman–Crippen MR) is 146 cm³/mol. The van der Waals surface area contributed by atoms with Gasteiger partial charge in [0.2, 0.25) is 5.91 Å². The zero-order valence-electron chi connectivity index (χ0n) is 25.2. The van der Waals surface area contributed by atoms with E-state index in [9.17, 15) is 29.1 Å². The van der Waals surface area contributed by atoms with Gasteiger partial charge in [0.15, 0.2) is 18.5 Å². The first-order valence-corrected chi connectivity index (χ1v) is 14.0. The van der Waals surface area contributed by atoms with Gasteiger partial charge in [-0.3, -0.25) is 24.0 Å². The van der Waals surface area contributed by atoms with E-state index >= 15 is 0 Å². The van der Waals surface area contributed by atoms with E-state index in [1.807, 2.05) is 30.3 Å². The fourth-order valence-electron chi connectivity index (χ4n) is 4.90. The van der Waals surface area contributed by atoms with Crippen LogP contribution in [-0.4, -0.2) is 103 Å². The van der Waals surface area contributed by atoms with E-state index in [4.69, 9.17) is 37.9 Å². The summed E-state index contributed by atoms with van der Waals surface area (Å²) >= 11 is 0. The largest absolute Gasteiger partial charge is 0.463 e. The van der Waals surface area contributed by atoms with Crippen molar-refractivity contribution in [3.63, 3.8) is 0 Å². The third kappa shape index (κ3) is 10.5. The van der Waals surface area contributed by atoms with Crippen LogP contribution in [0.2, 0.25) is 0 Å². The average Bonchev–Trinajstić information content (AvgIpc) is 2.92. The van der Waals surface area contributed by atoms with Crippen molar-refractivity contribution in [2.45, 2.75) is 103 Å². The second kappa shape index (κ2) is 16.4. The minimum Gasteiger partial charge on any atom is -0.463 e. The summed E-state index contributed by atoms with van der Waals surface area (Å²) in [6, 6.07) is 9.28. The van der Waals surface area contributed by atoms with Gasteiger partial charge in [-0.05, 0) is 5.56 Å². The molecule has 0 radical (unpaired) electrons. The number of ether oxygens (including phenoxy) is 8. The topological polar surface area (TPSA) is 191 Å². The number of hydrogen-bond acceptors (Lipinski definition) is 14. The van der Waals surface area contributed by atoms with Gasteiger partial charge in [0, 0.05) is 41.0 Å². The van der Waals surface area contributed by atoms with Gasteiger partial charge in [0.05, 0.1) is 13.2 Å². The van der Waals surface area contributed by atoms with Crippen molar-refractivity contribution in [3.8, 4) is 0 Å². The van der Waals surface area contributed by atoms with Gasteiger partial charge >= 0.3 is 23.9 Å². The molecule has 0 spiro atoms. The zero-order valence-corrected chi connectivity index (χ0v) is 25.2. The minimum absolute atomic E-state index is 0.0283. The summed E-state index contributed by atoms with van der Waals surface area (Å²) in [7, 11) is 0. The Labute approximate surface area is 254 Å². The smallest absolute Gasteiger partial charge is 0.303 e. The first-order chi connectivity index (χ1) is 20.8. The van der Waals surface area contributed by atoms with E-state index in [1.54, 1.807) is 0 Å². The fraction of sp³-hybridized carbons (Fsp3) is 0.621. The number of amides is 1. The van der Waals surface area contributed by atoms with Gasteiger partial charge in [0.25, 0.3) is 0 Å². The zero-order chi connectivity index (χ0) is 32.4. The van der Waals surface area contributed by atoms with Crippen LogP contribution in [0.15, 0.2) is 30.3 Å². The SMILES string of the molecule is CC(=O)N[C@H]1C[C@@H](OC(C)=O)[C@H](O[C@H]2O[C@@H](COC(C)=O)[C@@H](OC(C)=O)[C@@H](O)[C@@H]2OC(C)=O)[C@@H](COCc2ccccc2)O1. The van der Waals surface area contributed by atoms with Crippen LogP contribution in [0.1, 0.15) is 46.6 Å². The Balaban J connectivity index is 1.93. The summed E-state index contributed by atoms with van der Waals surface area (Å²) in [5, 5.41) is 13.9. The molecule has 0 aliphatic carbocycles. The molecule has 1 aromatic carbocycles. The average molecular weight is 626 g/mol. The van der Waals surface area contributed by atoms with Crippen LogP contribution < -0.4 is 5.32 Å². The number of aliphatic hydroxyl groups excluding tert-OH is 1. The molecule has 2 aliphatic heterocycles. The van der Waals surface area contributed by atoms with Gasteiger partial charge in [-0.25, -0.2) is 0 Å². The minimum atomic E-state index is -1.68. The Kier molecular flexibility index (Phi) is 13.0. The lowest BCUT2D eigenvalue weighted by Crippen LogP contribution is -2.64. The van der Waals surface area contributed by atoms with E-state index in [0.29, 0.717) is 0 Å². The molecule has 2 fully saturated rings. The summed E-state index contributed by atoms with van der Waals surface area (Å²) < 4.78 is 45.4. The Bertz CT molecular complexity index is 1140. The molecule has 1 aromatic rings. The van der Waals surface area contributed by atoms with Crippen LogP contribution >= 0.6 is 0 Å². The molecule has 15 heteroatoms. The monoisotopic (exact) mass is 625 g/mol. The van der Waals surface area contributed by atoms with E-state index in [1.165, 1.54) is 13.8 Å². The first-order valence-electron chi connectivity index (χ1n) is 14.0. The van der Waals surface area contributed by atoms with Gasteiger partial charge in [-0.1, -0.05) is 30.3 Å². The van der Waals surface area contributed by atoms with E-state index < -0.39 is 91.6 Å². The summed E-state index contributed by atoms with van der Waals surface area (Å²) in [6.07, 6.45) is -11.5. The standard InChI is InChI=1S/C29H39NO14/c1-15(31)30-24-11-21(39-17(3)33)26(22(42-24)13-37-12-20-9-7-6-8-10-20)44-29-28(41-19(5)35)25(36)27(40-18(4)34)23(43-29)14-38-16(2)32/h6-10,21-29,36H,11-14H2,1-5H3,(H,30,31)/t21-,22-,23+,24-,25-,26+,27-,28+,29-/m1/s1. The molecule has 0 unspecified atom stereocenters. The first kappa shape index (κ1) is 34.9. The molecule has 2 heterocycles. The molecule has 3 rings (SSSR count). The van der Waals surface area contributed by atoms with Crippen molar-refractivity contribution < 1.29 is 67.0 Å². The number of benzene rings is 1. The van der Waals surface area contributed by atoms with Crippen molar-refractivity contribution in [2.75, 3.05) is 13.2 Å². The fourth-order valence-corrected chi connectivity index (χ4v) is 4.90. The highest BCUT2D eigenvalue weighted by Crippen LogP contribution is 2.32. The molecule has 0 saturated carbocycles. The molecule has 0 bridgehead atoms. The Hall–Kier alpha value is -3.63. The molecule has 44 heavy (non-hydrogen) atoms. The Morgan fingerprint density at radius 1 is 0.795 bits per heavy atom. The van der Waals surface area contributed by atoms with Crippen molar-refractivity contribution in [3.05, 3.63) is 35.9 Å². The number of carbonyl (C=O) groups is 5. The molecule has 2 aliphatic rings. The van der Waals surface area contributed by atoms with Crippen LogP contribution in [0.5, 0.6) is 0 Å². The van der Waals surface area contributed by atoms with E-state index in [-0.39, 0.29) is 19.6 Å². The van der Waals surface area contributed by atoms with Crippen LogP contribution in [0.25, 0.3) is 0 Å². The lowest BCUT2D eigenvalue weighted by Gasteiger charge is -2.46. The molecule has 15 nitrogen and oxygen atoms in total. The Morgan fingerprint density at radius 3 is 2.00 bits per heavy atom. The van der Waals surface area contributed by atoms with Gasteiger partial charge < -0.3 is 48.3 Å². The molecule has 2 saturated heterocycles. The number of esters is 4. The highest BCUT2D eigenvalue weighted by Gasteiger charge is 2.53. The lowest BCUT2D eigenvalue weighted by molar-refractivity contribution is -0.337. The summed E-state index contributed by atoms with van der Waals surface area (Å²) in [6.45, 7) is 5.50. The summed E-state index contributed by atoms with van der Waals surface area (Å²) in [5.41, 5.74) is 0.870. The second-order valence-electron chi connectivity index (χ2n) is 10.3. The van der Waals surface area contributed by atoms with Gasteiger partial charge in [-0.2, -0.15) is 0 Å². The van der Waals surface area contributed by atoms with Crippen LogP contribution in [0, 0.1) is 0 Å². The normalized spacial score (nSPS) is 30.0. The Morgan fingerprint density at radius 2 is 1.41 bits per heavy atom. The molecular weight excluding hydrogens is 586 g/mol. The van der Waals surface area contributed by atoms with Crippen LogP contribution in [0.3, 0.4) is 0 Å². The molecule has 244 valence electrons. The molecular formula is C29H39NO14. The quantitative estimate of drug-likeness (QED) is 0.238.